The molecule has 2 rings (SSSR count). The van der Waals surface area contributed by atoms with Crippen molar-refractivity contribution in [3.05, 3.63) is 75.3 Å². The van der Waals surface area contributed by atoms with Gasteiger partial charge in [-0.1, -0.05) is 65.7 Å². The summed E-state index contributed by atoms with van der Waals surface area (Å²) in [6.07, 6.45) is -1.89. The lowest BCUT2D eigenvalue weighted by atomic mass is 9.97. The molecule has 122 valence electrons. The predicted molar refractivity (Wildman–Crippen MR) is 88.6 cm³/mol. The third kappa shape index (κ3) is 4.74. The van der Waals surface area contributed by atoms with Crippen LogP contribution in [0.1, 0.15) is 22.6 Å². The highest BCUT2D eigenvalue weighted by molar-refractivity contribution is 6.42. The van der Waals surface area contributed by atoms with Crippen molar-refractivity contribution in [3.63, 3.8) is 0 Å². The number of alkyl halides is 3. The van der Waals surface area contributed by atoms with Crippen molar-refractivity contribution in [2.75, 3.05) is 0 Å². The van der Waals surface area contributed by atoms with Crippen LogP contribution in [0.4, 0.5) is 13.2 Å². The summed E-state index contributed by atoms with van der Waals surface area (Å²) in [5.41, 5.74) is 7.11. The molecule has 0 amide bonds. The second-order valence-electron chi connectivity index (χ2n) is 5.00. The van der Waals surface area contributed by atoms with Gasteiger partial charge in [-0.15, -0.1) is 0 Å². The van der Waals surface area contributed by atoms with Gasteiger partial charge in [-0.05, 0) is 28.8 Å². The van der Waals surface area contributed by atoms with E-state index in [4.69, 9.17) is 28.9 Å². The van der Waals surface area contributed by atoms with Gasteiger partial charge in [0.15, 0.2) is 0 Å². The highest BCUT2D eigenvalue weighted by Gasteiger charge is 2.39. The zero-order valence-corrected chi connectivity index (χ0v) is 13.5. The monoisotopic (exact) mass is 359 g/mol. The summed E-state index contributed by atoms with van der Waals surface area (Å²) in [6, 6.07) is 10.9. The van der Waals surface area contributed by atoms with E-state index in [0.717, 1.165) is 11.6 Å². The third-order valence-corrected chi connectivity index (χ3v) is 4.09. The van der Waals surface area contributed by atoms with Gasteiger partial charge in [-0.25, -0.2) is 0 Å². The number of hydrogen-bond donors (Lipinski definition) is 1. The van der Waals surface area contributed by atoms with Crippen LogP contribution in [0, 0.1) is 0 Å². The van der Waals surface area contributed by atoms with Crippen molar-refractivity contribution in [1.29, 1.82) is 0 Å². The number of rotatable bonds is 4. The minimum atomic E-state index is -4.43. The fourth-order valence-corrected chi connectivity index (χ4v) is 2.39. The number of nitrogens with two attached hydrogens (primary N) is 1. The molecular weight excluding hydrogens is 346 g/mol. The predicted octanol–water partition coefficient (Wildman–Crippen LogP) is 5.81. The van der Waals surface area contributed by atoms with Crippen LogP contribution in [-0.4, -0.2) is 6.18 Å². The SMILES string of the molecule is NCc1ccc(C=CC(c2ccc(Cl)c(Cl)c2)C(F)(F)F)cc1. The molecule has 6 heteroatoms. The molecule has 0 radical (unpaired) electrons. The van der Waals surface area contributed by atoms with Crippen molar-refractivity contribution in [2.45, 2.75) is 18.6 Å². The Labute approximate surface area is 142 Å². The molecule has 23 heavy (non-hydrogen) atoms. The largest absolute Gasteiger partial charge is 0.399 e. The zero-order valence-electron chi connectivity index (χ0n) is 11.9. The van der Waals surface area contributed by atoms with Crippen LogP contribution in [0.2, 0.25) is 10.0 Å². The van der Waals surface area contributed by atoms with Crippen molar-refractivity contribution in [3.8, 4) is 0 Å². The molecule has 0 heterocycles. The van der Waals surface area contributed by atoms with Gasteiger partial charge in [0.2, 0.25) is 0 Å². The first-order chi connectivity index (χ1) is 10.8. The van der Waals surface area contributed by atoms with Gasteiger partial charge >= 0.3 is 6.18 Å². The molecule has 0 saturated heterocycles. The molecule has 0 spiro atoms. The van der Waals surface area contributed by atoms with Crippen LogP contribution in [-0.2, 0) is 6.54 Å². The fourth-order valence-electron chi connectivity index (χ4n) is 2.09. The van der Waals surface area contributed by atoms with Crippen LogP contribution in [0.3, 0.4) is 0 Å². The number of benzene rings is 2. The van der Waals surface area contributed by atoms with E-state index < -0.39 is 12.1 Å². The standard InChI is InChI=1S/C17H14Cl2F3N/c18-15-8-6-13(9-16(15)19)14(17(20,21)22)7-5-11-1-3-12(10-23)4-2-11/h1-9,14H,10,23H2. The van der Waals surface area contributed by atoms with Crippen LogP contribution in [0.5, 0.6) is 0 Å². The molecule has 2 N–H and O–H groups in total. The summed E-state index contributed by atoms with van der Waals surface area (Å²) in [4.78, 5) is 0. The van der Waals surface area contributed by atoms with E-state index in [9.17, 15) is 13.2 Å². The van der Waals surface area contributed by atoms with Crippen LogP contribution >= 0.6 is 23.2 Å². The molecule has 0 saturated carbocycles. The van der Waals surface area contributed by atoms with Crippen molar-refractivity contribution in [1.82, 2.24) is 0 Å². The van der Waals surface area contributed by atoms with Gasteiger partial charge < -0.3 is 5.73 Å². The maximum Gasteiger partial charge on any atom is 0.399 e. The maximum atomic E-state index is 13.3. The molecule has 0 aliphatic heterocycles. The Hall–Kier alpha value is -1.49. The summed E-state index contributed by atoms with van der Waals surface area (Å²) in [6.45, 7) is 0.387. The molecule has 0 aliphatic rings. The zero-order chi connectivity index (χ0) is 17.0. The molecule has 1 atom stereocenters. The van der Waals surface area contributed by atoms with E-state index in [-0.39, 0.29) is 15.6 Å². The summed E-state index contributed by atoms with van der Waals surface area (Å²) in [7, 11) is 0. The lowest BCUT2D eigenvalue weighted by Crippen LogP contribution is -2.18. The van der Waals surface area contributed by atoms with E-state index in [1.165, 1.54) is 24.3 Å². The smallest absolute Gasteiger partial charge is 0.326 e. The number of allylic oxidation sites excluding steroid dienone is 1. The first-order valence-corrected chi connectivity index (χ1v) is 7.55. The second kappa shape index (κ2) is 7.39. The van der Waals surface area contributed by atoms with E-state index in [1.807, 2.05) is 0 Å². The van der Waals surface area contributed by atoms with Gasteiger partial charge in [0.05, 0.1) is 16.0 Å². The maximum absolute atomic E-state index is 13.3. The Bertz CT molecular complexity index is 694. The Balaban J connectivity index is 2.31. The lowest BCUT2D eigenvalue weighted by Gasteiger charge is -2.18. The molecule has 2 aromatic carbocycles. The Morgan fingerprint density at radius 3 is 2.17 bits per heavy atom. The highest BCUT2D eigenvalue weighted by Crippen LogP contribution is 2.38. The molecule has 0 bridgehead atoms. The quantitative estimate of drug-likeness (QED) is 0.731. The molecule has 1 unspecified atom stereocenters. The molecule has 0 aliphatic carbocycles. The molecule has 2 aromatic rings. The summed E-state index contributed by atoms with van der Waals surface area (Å²) < 4.78 is 39.9. The summed E-state index contributed by atoms with van der Waals surface area (Å²) >= 11 is 11.6. The Morgan fingerprint density at radius 2 is 1.65 bits per heavy atom. The molecule has 1 nitrogen and oxygen atoms in total. The van der Waals surface area contributed by atoms with Gasteiger partial charge in [-0.3, -0.25) is 0 Å². The van der Waals surface area contributed by atoms with E-state index in [0.29, 0.717) is 12.1 Å². The Morgan fingerprint density at radius 1 is 1.00 bits per heavy atom. The topological polar surface area (TPSA) is 26.0 Å². The average molecular weight is 360 g/mol. The van der Waals surface area contributed by atoms with Gasteiger partial charge in [0.25, 0.3) is 0 Å². The highest BCUT2D eigenvalue weighted by atomic mass is 35.5. The number of halogens is 5. The van der Waals surface area contributed by atoms with Gasteiger partial charge in [0.1, 0.15) is 0 Å². The minimum absolute atomic E-state index is 0.0433. The fraction of sp³-hybridized carbons (Fsp3) is 0.176. The lowest BCUT2D eigenvalue weighted by molar-refractivity contribution is -0.139. The van der Waals surface area contributed by atoms with Gasteiger partial charge in [-0.2, -0.15) is 13.2 Å². The normalized spacial score (nSPS) is 13.5. The van der Waals surface area contributed by atoms with Crippen LogP contribution in [0.15, 0.2) is 48.5 Å². The van der Waals surface area contributed by atoms with Crippen LogP contribution < -0.4 is 5.73 Å². The molecule has 0 fully saturated rings. The van der Waals surface area contributed by atoms with Gasteiger partial charge in [0, 0.05) is 6.54 Å². The van der Waals surface area contributed by atoms with Crippen molar-refractivity contribution >= 4 is 29.3 Å². The van der Waals surface area contributed by atoms with Crippen LogP contribution in [0.25, 0.3) is 6.08 Å². The minimum Gasteiger partial charge on any atom is -0.326 e. The molecule has 0 aromatic heterocycles. The third-order valence-electron chi connectivity index (χ3n) is 3.35. The van der Waals surface area contributed by atoms with E-state index in [2.05, 4.69) is 0 Å². The second-order valence-corrected chi connectivity index (χ2v) is 5.81. The average Bonchev–Trinajstić information content (AvgIpc) is 2.50. The first-order valence-electron chi connectivity index (χ1n) is 6.80. The summed E-state index contributed by atoms with van der Waals surface area (Å²) in [5, 5.41) is 0.316. The Kier molecular flexibility index (Phi) is 5.74. The van der Waals surface area contributed by atoms with E-state index >= 15 is 0 Å². The number of hydrogen-bond acceptors (Lipinski definition) is 1. The summed E-state index contributed by atoms with van der Waals surface area (Å²) in [5.74, 6) is -1.76. The van der Waals surface area contributed by atoms with Crippen molar-refractivity contribution in [2.24, 2.45) is 5.73 Å². The molecular formula is C17H14Cl2F3N. The van der Waals surface area contributed by atoms with E-state index in [1.54, 1.807) is 24.3 Å². The first kappa shape index (κ1) is 17.9. The van der Waals surface area contributed by atoms with Crippen molar-refractivity contribution < 1.29 is 13.2 Å².